The minimum absolute atomic E-state index is 0.171. The normalized spacial score (nSPS) is 11.8. The highest BCUT2D eigenvalue weighted by Crippen LogP contribution is 2.29. The van der Waals surface area contributed by atoms with Gasteiger partial charge in [0.25, 0.3) is 0 Å². The maximum atomic E-state index is 12.5. The van der Waals surface area contributed by atoms with Crippen molar-refractivity contribution in [2.75, 3.05) is 5.32 Å². The fraction of sp³-hybridized carbons (Fsp3) is 0.286. The van der Waals surface area contributed by atoms with Crippen molar-refractivity contribution in [3.63, 3.8) is 0 Å². The van der Waals surface area contributed by atoms with Crippen LogP contribution in [0.5, 0.6) is 0 Å². The number of hydrogen-bond acceptors (Lipinski definition) is 5. The summed E-state index contributed by atoms with van der Waals surface area (Å²) in [6.45, 7) is 1.78. The van der Waals surface area contributed by atoms with Gasteiger partial charge in [0.05, 0.1) is 5.56 Å². The second-order valence-electron chi connectivity index (χ2n) is 5.06. The Balaban J connectivity index is 1.57. The molecule has 24 heavy (non-hydrogen) atoms. The largest absolute Gasteiger partial charge is 0.416 e. The lowest BCUT2D eigenvalue weighted by Crippen LogP contribution is -2.13. The molecule has 1 N–H and O–H groups in total. The Kier molecular flexibility index (Phi) is 4.22. The molecule has 10 heteroatoms. The Labute approximate surface area is 138 Å². The van der Waals surface area contributed by atoms with Crippen molar-refractivity contribution in [2.45, 2.75) is 25.9 Å². The summed E-state index contributed by atoms with van der Waals surface area (Å²) < 4.78 is 39.0. The Hall–Kier alpha value is -2.49. The molecule has 0 spiro atoms. The van der Waals surface area contributed by atoms with E-state index in [0.717, 1.165) is 17.1 Å². The molecule has 0 saturated heterocycles. The summed E-state index contributed by atoms with van der Waals surface area (Å²) in [4.78, 5) is 12.6. The number of halogens is 3. The van der Waals surface area contributed by atoms with Gasteiger partial charge in [-0.2, -0.15) is 22.8 Å². The number of anilines is 1. The molecule has 0 aliphatic carbocycles. The lowest BCUT2D eigenvalue weighted by Gasteiger charge is -2.08. The smallest absolute Gasteiger partial charge is 0.326 e. The zero-order chi connectivity index (χ0) is 17.3. The van der Waals surface area contributed by atoms with Crippen molar-refractivity contribution < 1.29 is 18.0 Å². The first kappa shape index (κ1) is 16.4. The molecule has 0 aliphatic heterocycles. The summed E-state index contributed by atoms with van der Waals surface area (Å²) in [6, 6.07) is 4.32. The van der Waals surface area contributed by atoms with Gasteiger partial charge in [-0.1, -0.05) is 11.3 Å². The molecule has 0 bridgehead atoms. The Morgan fingerprint density at radius 3 is 2.58 bits per heavy atom. The maximum Gasteiger partial charge on any atom is 0.416 e. The van der Waals surface area contributed by atoms with Gasteiger partial charge in [0.1, 0.15) is 5.01 Å². The average Bonchev–Trinajstić information content (AvgIpc) is 3.07. The first-order valence-corrected chi connectivity index (χ1v) is 7.79. The van der Waals surface area contributed by atoms with Crippen molar-refractivity contribution in [1.29, 1.82) is 0 Å². The molecule has 6 nitrogen and oxygen atoms in total. The van der Waals surface area contributed by atoms with Gasteiger partial charge in [-0.15, -0.1) is 10.2 Å². The van der Waals surface area contributed by atoms with E-state index in [-0.39, 0.29) is 12.3 Å². The minimum atomic E-state index is -4.39. The number of fused-ring (bicyclic) bond motifs is 1. The van der Waals surface area contributed by atoms with Crippen LogP contribution in [0.3, 0.4) is 0 Å². The summed E-state index contributed by atoms with van der Waals surface area (Å²) in [5.74, 6) is 0.374. The summed E-state index contributed by atoms with van der Waals surface area (Å²) in [5, 5.41) is 15.4. The molecule has 1 aromatic carbocycles. The third-order valence-electron chi connectivity index (χ3n) is 3.25. The fourth-order valence-corrected chi connectivity index (χ4v) is 2.92. The number of amides is 1. The highest BCUT2D eigenvalue weighted by molar-refractivity contribution is 7.16. The molecular formula is C14H12F3N5OS. The second kappa shape index (κ2) is 6.19. The van der Waals surface area contributed by atoms with Crippen LogP contribution >= 0.6 is 11.3 Å². The van der Waals surface area contributed by atoms with E-state index in [1.807, 2.05) is 0 Å². The predicted octanol–water partition coefficient (Wildman–Crippen LogP) is 3.08. The molecule has 0 unspecified atom stereocenters. The van der Waals surface area contributed by atoms with Gasteiger partial charge >= 0.3 is 6.18 Å². The van der Waals surface area contributed by atoms with Crippen LogP contribution in [0, 0.1) is 6.92 Å². The molecule has 3 aromatic rings. The number of rotatable bonds is 4. The number of benzene rings is 1. The summed E-state index contributed by atoms with van der Waals surface area (Å²) >= 11 is 1.34. The fourth-order valence-electron chi connectivity index (χ4n) is 2.04. The molecule has 1 amide bonds. The summed E-state index contributed by atoms with van der Waals surface area (Å²) in [7, 11) is 0. The van der Waals surface area contributed by atoms with Gasteiger partial charge in [0, 0.05) is 18.5 Å². The summed E-state index contributed by atoms with van der Waals surface area (Å²) in [5.41, 5.74) is -0.433. The highest BCUT2D eigenvalue weighted by Gasteiger charge is 2.29. The first-order chi connectivity index (χ1) is 11.3. The molecule has 2 aromatic heterocycles. The lowest BCUT2D eigenvalue weighted by atomic mass is 10.2. The standard InChI is InChI=1S/C14H12F3N5OS/c1-8-19-20-13-22(8)21-12(24-13)7-6-11(23)18-10-4-2-9(3-5-10)14(15,16)17/h2-5H,6-7H2,1H3,(H,18,23). The SMILES string of the molecule is Cc1nnc2sc(CCC(=O)Nc3ccc(C(F)(F)F)cc3)nn12. The van der Waals surface area contributed by atoms with Crippen molar-refractivity contribution >= 4 is 27.9 Å². The van der Waals surface area contributed by atoms with E-state index in [4.69, 9.17) is 0 Å². The molecule has 0 radical (unpaired) electrons. The van der Waals surface area contributed by atoms with Gasteiger partial charge < -0.3 is 5.32 Å². The second-order valence-corrected chi connectivity index (χ2v) is 6.10. The molecule has 0 atom stereocenters. The van der Waals surface area contributed by atoms with E-state index in [9.17, 15) is 18.0 Å². The maximum absolute atomic E-state index is 12.5. The van der Waals surface area contributed by atoms with Crippen molar-refractivity contribution in [3.8, 4) is 0 Å². The van der Waals surface area contributed by atoms with E-state index in [0.29, 0.717) is 22.9 Å². The molecule has 2 heterocycles. The third kappa shape index (κ3) is 3.53. The van der Waals surface area contributed by atoms with E-state index in [2.05, 4.69) is 20.6 Å². The number of alkyl halides is 3. The molecule has 0 saturated carbocycles. The monoisotopic (exact) mass is 355 g/mol. The third-order valence-corrected chi connectivity index (χ3v) is 4.21. The van der Waals surface area contributed by atoms with Crippen LogP contribution in [0.1, 0.15) is 22.8 Å². The molecule has 0 fully saturated rings. The van der Waals surface area contributed by atoms with Gasteiger partial charge in [-0.3, -0.25) is 4.79 Å². The number of carbonyl (C=O) groups excluding carboxylic acids is 1. The summed E-state index contributed by atoms with van der Waals surface area (Å²) in [6.07, 6.45) is -3.80. The molecule has 126 valence electrons. The lowest BCUT2D eigenvalue weighted by molar-refractivity contribution is -0.137. The van der Waals surface area contributed by atoms with Crippen molar-refractivity contribution in [1.82, 2.24) is 19.8 Å². The van der Waals surface area contributed by atoms with Crippen LogP contribution < -0.4 is 5.32 Å². The van der Waals surface area contributed by atoms with Gasteiger partial charge in [0.15, 0.2) is 5.82 Å². The number of nitrogens with one attached hydrogen (secondary N) is 1. The first-order valence-electron chi connectivity index (χ1n) is 6.98. The van der Waals surface area contributed by atoms with Crippen LogP contribution in [-0.4, -0.2) is 25.7 Å². The van der Waals surface area contributed by atoms with Crippen LogP contribution in [0.25, 0.3) is 4.96 Å². The number of aryl methyl sites for hydroxylation is 2. The zero-order valence-corrected chi connectivity index (χ0v) is 13.3. The Morgan fingerprint density at radius 2 is 1.96 bits per heavy atom. The van der Waals surface area contributed by atoms with E-state index < -0.39 is 11.7 Å². The van der Waals surface area contributed by atoms with Crippen LogP contribution in [0.2, 0.25) is 0 Å². The predicted molar refractivity (Wildman–Crippen MR) is 81.8 cm³/mol. The number of nitrogens with zero attached hydrogens (tertiary/aromatic N) is 4. The average molecular weight is 355 g/mol. The molecule has 0 aliphatic rings. The number of aromatic nitrogens is 4. The van der Waals surface area contributed by atoms with E-state index >= 15 is 0 Å². The molecule has 3 rings (SSSR count). The topological polar surface area (TPSA) is 72.2 Å². The van der Waals surface area contributed by atoms with E-state index in [1.165, 1.54) is 23.5 Å². The zero-order valence-electron chi connectivity index (χ0n) is 12.5. The Bertz CT molecular complexity index is 869. The number of hydrogen-bond donors (Lipinski definition) is 1. The van der Waals surface area contributed by atoms with Crippen LogP contribution in [0.4, 0.5) is 18.9 Å². The van der Waals surface area contributed by atoms with Crippen molar-refractivity contribution in [3.05, 3.63) is 40.7 Å². The van der Waals surface area contributed by atoms with Crippen LogP contribution in [0.15, 0.2) is 24.3 Å². The van der Waals surface area contributed by atoms with E-state index in [1.54, 1.807) is 11.4 Å². The minimum Gasteiger partial charge on any atom is -0.326 e. The quantitative estimate of drug-likeness (QED) is 0.781. The highest BCUT2D eigenvalue weighted by atomic mass is 32.1. The van der Waals surface area contributed by atoms with Gasteiger partial charge in [0.2, 0.25) is 10.9 Å². The van der Waals surface area contributed by atoms with Gasteiger partial charge in [-0.25, -0.2) is 0 Å². The van der Waals surface area contributed by atoms with Crippen molar-refractivity contribution in [2.24, 2.45) is 0 Å². The molecular weight excluding hydrogens is 343 g/mol. The van der Waals surface area contributed by atoms with Crippen LogP contribution in [-0.2, 0) is 17.4 Å². The Morgan fingerprint density at radius 1 is 1.25 bits per heavy atom. The van der Waals surface area contributed by atoms with Gasteiger partial charge in [-0.05, 0) is 31.2 Å². The number of carbonyl (C=O) groups is 1.